The minimum atomic E-state index is -0.238. The molecule has 0 amide bonds. The number of hydrogen-bond acceptors (Lipinski definition) is 3. The van der Waals surface area contributed by atoms with Gasteiger partial charge in [0.15, 0.2) is 0 Å². The van der Waals surface area contributed by atoms with Crippen LogP contribution in [0.3, 0.4) is 0 Å². The fourth-order valence-electron chi connectivity index (χ4n) is 13.0. The van der Waals surface area contributed by atoms with E-state index in [2.05, 4.69) is 180 Å². The van der Waals surface area contributed by atoms with Crippen molar-refractivity contribution in [2.45, 2.75) is 103 Å². The van der Waals surface area contributed by atoms with E-state index in [-0.39, 0.29) is 28.5 Å². The summed E-state index contributed by atoms with van der Waals surface area (Å²) in [5.74, 6) is 0. The Morgan fingerprint density at radius 1 is 0.492 bits per heavy atom. The predicted molar refractivity (Wildman–Crippen MR) is 265 cm³/mol. The highest BCUT2D eigenvalue weighted by molar-refractivity contribution is 6.90. The molecule has 308 valence electrons. The molecule has 0 N–H and O–H groups in total. The van der Waals surface area contributed by atoms with Crippen molar-refractivity contribution in [2.75, 3.05) is 4.90 Å². The van der Waals surface area contributed by atoms with E-state index in [1.54, 1.807) is 0 Å². The first-order chi connectivity index (χ1) is 30.2. The summed E-state index contributed by atoms with van der Waals surface area (Å²) in [5, 5.41) is 8.54. The number of benzene rings is 7. The number of aromatic nitrogens is 1. The van der Waals surface area contributed by atoms with Gasteiger partial charge in [0.05, 0.1) is 5.69 Å². The van der Waals surface area contributed by atoms with Crippen molar-refractivity contribution >= 4 is 101 Å². The average molecular weight is 819 g/mol. The topological polar surface area (TPSA) is 34.5 Å². The molecule has 0 radical (unpaired) electrons. The highest BCUT2D eigenvalue weighted by Crippen LogP contribution is 2.55. The molecule has 14 rings (SSSR count). The summed E-state index contributed by atoms with van der Waals surface area (Å²) in [7, 11) is 0. The van der Waals surface area contributed by atoms with Gasteiger partial charge in [0, 0.05) is 66.4 Å². The summed E-state index contributed by atoms with van der Waals surface area (Å²) in [6.45, 7) is 19.2. The molecular weight excluding hydrogens is 767 g/mol. The number of hydrogen-bond donors (Lipinski definition) is 0. The molecule has 10 aromatic rings. The van der Waals surface area contributed by atoms with E-state index in [0.29, 0.717) is 0 Å². The molecule has 7 aromatic carbocycles. The first-order valence-corrected chi connectivity index (χ1v) is 23.2. The van der Waals surface area contributed by atoms with Crippen molar-refractivity contribution < 1.29 is 8.83 Å². The molecule has 0 bridgehead atoms. The zero-order valence-corrected chi connectivity index (χ0v) is 37.6. The fraction of sp³-hybridized carbons (Fsp3) is 0.276. The van der Waals surface area contributed by atoms with Gasteiger partial charge in [-0.1, -0.05) is 134 Å². The fourth-order valence-corrected chi connectivity index (χ4v) is 13.0. The van der Waals surface area contributed by atoms with E-state index in [1.807, 2.05) is 0 Å². The van der Waals surface area contributed by atoms with Gasteiger partial charge in [0.25, 0.3) is 0 Å². The van der Waals surface area contributed by atoms with Gasteiger partial charge >= 0.3 is 6.85 Å². The lowest BCUT2D eigenvalue weighted by atomic mass is 9.47. The molecule has 0 saturated heterocycles. The number of anilines is 3. The molecule has 0 spiro atoms. The van der Waals surface area contributed by atoms with Crippen LogP contribution < -0.4 is 16.0 Å². The lowest BCUT2D eigenvalue weighted by Crippen LogP contribution is -2.56. The number of fused-ring (bicyclic) bond motifs is 17. The Hall–Kier alpha value is -6.20. The van der Waals surface area contributed by atoms with Crippen LogP contribution in [-0.2, 0) is 21.7 Å². The monoisotopic (exact) mass is 818 g/mol. The summed E-state index contributed by atoms with van der Waals surface area (Å²) in [6, 6.07) is 43.9. The maximum atomic E-state index is 7.68. The molecule has 3 aromatic heterocycles. The number of furan rings is 2. The molecular formula is C58H51BN2O2. The van der Waals surface area contributed by atoms with Gasteiger partial charge in [0.1, 0.15) is 22.4 Å². The van der Waals surface area contributed by atoms with Crippen LogP contribution in [0.25, 0.3) is 76.6 Å². The van der Waals surface area contributed by atoms with Gasteiger partial charge in [-0.15, -0.1) is 0 Å². The first kappa shape index (κ1) is 36.3. The van der Waals surface area contributed by atoms with Crippen molar-refractivity contribution in [1.82, 2.24) is 4.48 Å². The predicted octanol–water partition coefficient (Wildman–Crippen LogP) is 14.7. The second-order valence-electron chi connectivity index (χ2n) is 22.1. The molecule has 2 aliphatic heterocycles. The third kappa shape index (κ3) is 4.48. The van der Waals surface area contributed by atoms with Crippen LogP contribution in [0.1, 0.15) is 103 Å². The van der Waals surface area contributed by atoms with Gasteiger partial charge in [-0.25, -0.2) is 0 Å². The van der Waals surface area contributed by atoms with Crippen LogP contribution in [0.2, 0.25) is 0 Å². The third-order valence-electron chi connectivity index (χ3n) is 16.7. The normalized spacial score (nSPS) is 18.7. The Labute approximate surface area is 368 Å². The maximum Gasteiger partial charge on any atom is 0.376 e. The Balaban J connectivity index is 1.20. The lowest BCUT2D eigenvalue weighted by molar-refractivity contribution is 0.332. The second-order valence-corrected chi connectivity index (χ2v) is 22.1. The summed E-state index contributed by atoms with van der Waals surface area (Å²) in [6.07, 6.45) is 4.62. The second kappa shape index (κ2) is 11.5. The van der Waals surface area contributed by atoms with Crippen molar-refractivity contribution in [1.29, 1.82) is 0 Å². The van der Waals surface area contributed by atoms with E-state index < -0.39 is 0 Å². The molecule has 5 heteroatoms. The number of para-hydroxylation sites is 2. The van der Waals surface area contributed by atoms with Gasteiger partial charge in [-0.3, -0.25) is 0 Å². The van der Waals surface area contributed by atoms with Crippen LogP contribution >= 0.6 is 0 Å². The highest BCUT2D eigenvalue weighted by Gasteiger charge is 2.49. The molecule has 63 heavy (non-hydrogen) atoms. The van der Waals surface area contributed by atoms with Crippen molar-refractivity contribution in [3.05, 3.63) is 138 Å². The largest absolute Gasteiger partial charge is 0.466 e. The SMILES string of the molecule is CC1(C)CCC(C)(C)c2cc(N3c4cc5oc6ccccc6c5c5c4B(c4oc6cc7c(cc6c43)C(C)(C)CCC7(C)C)n3c4c-5cccc4c4ccc5ccccc5c43)ccc21. The molecule has 0 atom stereocenters. The molecule has 0 unspecified atom stereocenters. The van der Waals surface area contributed by atoms with Crippen molar-refractivity contribution in [3.63, 3.8) is 0 Å². The Kier molecular flexibility index (Phi) is 6.62. The lowest BCUT2D eigenvalue weighted by Gasteiger charge is -2.43. The number of nitrogens with zero attached hydrogens (tertiary/aromatic N) is 2. The minimum Gasteiger partial charge on any atom is -0.466 e. The van der Waals surface area contributed by atoms with E-state index in [4.69, 9.17) is 8.83 Å². The van der Waals surface area contributed by atoms with E-state index >= 15 is 0 Å². The summed E-state index contributed by atoms with van der Waals surface area (Å²) in [4.78, 5) is 2.59. The first-order valence-electron chi connectivity index (χ1n) is 23.2. The zero-order chi connectivity index (χ0) is 42.7. The van der Waals surface area contributed by atoms with E-state index in [9.17, 15) is 0 Å². The van der Waals surface area contributed by atoms with E-state index in [1.165, 1.54) is 94.3 Å². The summed E-state index contributed by atoms with van der Waals surface area (Å²) in [5.41, 5.74) is 19.5. The standard InChI is InChI=1S/C58H51BN2O2/c1-55(2)24-25-56(3,4)41-28-33(21-23-40(41)55)60-44-31-47-48(37-16-11-12-19-45(37)62-47)49-38-18-13-17-35-36-22-20-32-14-9-10-15-34(32)51(36)61(52(35)38)59(50(44)49)54-53(60)39-29-42-43(30-46(39)63-54)58(7,8)27-26-57(42,5)6/h9-23,28-31H,24-27H2,1-8H3. The van der Waals surface area contributed by atoms with Gasteiger partial charge in [-0.05, 0) is 116 Å². The Morgan fingerprint density at radius 3 is 1.92 bits per heavy atom. The van der Waals surface area contributed by atoms with Gasteiger partial charge in [0.2, 0.25) is 0 Å². The summed E-state index contributed by atoms with van der Waals surface area (Å²) >= 11 is 0. The molecule has 0 saturated carbocycles. The average Bonchev–Trinajstić information content (AvgIpc) is 3.95. The Bertz CT molecular complexity index is 3720. The quantitative estimate of drug-likeness (QED) is 0.155. The molecule has 5 heterocycles. The van der Waals surface area contributed by atoms with Crippen LogP contribution in [0.15, 0.2) is 124 Å². The van der Waals surface area contributed by atoms with Crippen LogP contribution in [0, 0.1) is 0 Å². The van der Waals surface area contributed by atoms with Crippen LogP contribution in [0.5, 0.6) is 0 Å². The molecule has 0 fully saturated rings. The van der Waals surface area contributed by atoms with Crippen LogP contribution in [0.4, 0.5) is 17.1 Å². The van der Waals surface area contributed by atoms with Crippen molar-refractivity contribution in [2.24, 2.45) is 0 Å². The maximum absolute atomic E-state index is 7.68. The highest BCUT2D eigenvalue weighted by atomic mass is 16.3. The smallest absolute Gasteiger partial charge is 0.376 e. The Morgan fingerprint density at radius 2 is 1.14 bits per heavy atom. The van der Waals surface area contributed by atoms with Crippen LogP contribution in [-0.4, -0.2) is 11.3 Å². The number of rotatable bonds is 1. The van der Waals surface area contributed by atoms with E-state index in [0.717, 1.165) is 58.4 Å². The van der Waals surface area contributed by atoms with Gasteiger partial charge in [-0.2, -0.15) is 0 Å². The summed E-state index contributed by atoms with van der Waals surface area (Å²) < 4.78 is 17.3. The molecule has 4 aliphatic rings. The zero-order valence-electron chi connectivity index (χ0n) is 37.6. The van der Waals surface area contributed by atoms with Gasteiger partial charge < -0.3 is 18.2 Å². The minimum absolute atomic E-state index is 0.0289. The molecule has 2 aliphatic carbocycles. The third-order valence-corrected chi connectivity index (χ3v) is 16.7. The van der Waals surface area contributed by atoms with Crippen molar-refractivity contribution in [3.8, 4) is 11.1 Å². The molecule has 4 nitrogen and oxygen atoms in total.